The molecule has 1 aliphatic rings. The second kappa shape index (κ2) is 8.31. The minimum atomic E-state index is -0.793. The molecule has 1 N–H and O–H groups in total. The molecule has 7 heteroatoms. The zero-order chi connectivity index (χ0) is 21.0. The van der Waals surface area contributed by atoms with Gasteiger partial charge in [-0.05, 0) is 48.4 Å². The van der Waals surface area contributed by atoms with Gasteiger partial charge in [-0.1, -0.05) is 24.1 Å². The number of nitrogens with one attached hydrogen (secondary N) is 1. The number of anilines is 1. The molecule has 0 spiro atoms. The molecule has 4 amide bonds. The second-order valence-electron chi connectivity index (χ2n) is 6.20. The molecule has 2 aromatic rings. The number of nitrogens with zero attached hydrogens (tertiary/aromatic N) is 1. The van der Waals surface area contributed by atoms with E-state index in [4.69, 9.17) is 15.9 Å². The van der Waals surface area contributed by atoms with E-state index < -0.39 is 17.8 Å². The van der Waals surface area contributed by atoms with Crippen LogP contribution in [0.4, 0.5) is 10.5 Å². The maximum atomic E-state index is 12.9. The van der Waals surface area contributed by atoms with Gasteiger partial charge in [-0.2, -0.15) is 0 Å². The minimum Gasteiger partial charge on any atom is -0.493 e. The van der Waals surface area contributed by atoms with Gasteiger partial charge in [0.2, 0.25) is 0 Å². The van der Waals surface area contributed by atoms with Gasteiger partial charge in [0, 0.05) is 0 Å². The van der Waals surface area contributed by atoms with Gasteiger partial charge in [-0.25, -0.2) is 9.69 Å². The Hall–Kier alpha value is -4.05. The van der Waals surface area contributed by atoms with Crippen LogP contribution >= 0.6 is 0 Å². The molecule has 0 saturated carbocycles. The smallest absolute Gasteiger partial charge is 0.335 e. The number of aryl methyl sites for hydroxylation is 1. The standard InChI is InChI=1S/C22H18N2O5/c1-4-10-29-18-9-8-15(13-19(18)28-3)12-17-20(25)23-22(27)24(21(17)26)16-7-5-6-14(2)11-16/h1,5-9,11-13H,10H2,2-3H3,(H,23,25,27)/b17-12+. The number of urea groups is 1. The van der Waals surface area contributed by atoms with E-state index in [1.165, 1.54) is 13.2 Å². The van der Waals surface area contributed by atoms with E-state index in [0.29, 0.717) is 22.7 Å². The highest BCUT2D eigenvalue weighted by atomic mass is 16.5. The number of ether oxygens (including phenoxy) is 2. The molecule has 0 unspecified atom stereocenters. The molecule has 7 nitrogen and oxygen atoms in total. The topological polar surface area (TPSA) is 84.9 Å². The fraction of sp³-hybridized carbons (Fsp3) is 0.136. The van der Waals surface area contributed by atoms with Crippen molar-refractivity contribution in [3.8, 4) is 23.8 Å². The van der Waals surface area contributed by atoms with Gasteiger partial charge in [-0.3, -0.25) is 14.9 Å². The second-order valence-corrected chi connectivity index (χ2v) is 6.20. The average Bonchev–Trinajstić information content (AvgIpc) is 2.69. The van der Waals surface area contributed by atoms with Crippen molar-refractivity contribution in [2.24, 2.45) is 0 Å². The summed E-state index contributed by atoms with van der Waals surface area (Å²) in [6, 6.07) is 11.0. The van der Waals surface area contributed by atoms with Crippen LogP contribution in [-0.2, 0) is 9.59 Å². The Morgan fingerprint density at radius 2 is 1.93 bits per heavy atom. The van der Waals surface area contributed by atoms with Crippen LogP contribution in [0, 0.1) is 19.3 Å². The summed E-state index contributed by atoms with van der Waals surface area (Å²) >= 11 is 0. The SMILES string of the molecule is C#CCOc1ccc(/C=C2\C(=O)NC(=O)N(c3cccc(C)c3)C2=O)cc1OC. The first-order chi connectivity index (χ1) is 13.9. The monoisotopic (exact) mass is 390 g/mol. The van der Waals surface area contributed by atoms with E-state index >= 15 is 0 Å². The Labute approximate surface area is 167 Å². The highest BCUT2D eigenvalue weighted by Gasteiger charge is 2.36. The van der Waals surface area contributed by atoms with Gasteiger partial charge in [0.05, 0.1) is 12.8 Å². The molecule has 0 atom stereocenters. The van der Waals surface area contributed by atoms with E-state index in [1.807, 2.05) is 13.0 Å². The molecule has 29 heavy (non-hydrogen) atoms. The molecule has 1 saturated heterocycles. The van der Waals surface area contributed by atoms with Crippen molar-refractivity contribution in [1.82, 2.24) is 5.32 Å². The Morgan fingerprint density at radius 1 is 1.14 bits per heavy atom. The lowest BCUT2D eigenvalue weighted by atomic mass is 10.1. The Morgan fingerprint density at radius 3 is 2.62 bits per heavy atom. The molecule has 0 bridgehead atoms. The third-order valence-electron chi connectivity index (χ3n) is 4.17. The van der Waals surface area contributed by atoms with Crippen molar-refractivity contribution in [3.05, 3.63) is 59.2 Å². The predicted octanol–water partition coefficient (Wildman–Crippen LogP) is 2.68. The third-order valence-corrected chi connectivity index (χ3v) is 4.17. The number of terminal acetylenes is 1. The Kier molecular flexibility index (Phi) is 5.65. The van der Waals surface area contributed by atoms with Crippen LogP contribution in [0.5, 0.6) is 11.5 Å². The zero-order valence-corrected chi connectivity index (χ0v) is 15.9. The summed E-state index contributed by atoms with van der Waals surface area (Å²) in [5.74, 6) is 1.71. The highest BCUT2D eigenvalue weighted by molar-refractivity contribution is 6.39. The zero-order valence-electron chi connectivity index (χ0n) is 15.9. The maximum absolute atomic E-state index is 12.9. The van der Waals surface area contributed by atoms with Crippen molar-refractivity contribution in [3.63, 3.8) is 0 Å². The molecule has 2 aromatic carbocycles. The Bertz CT molecular complexity index is 1070. The lowest BCUT2D eigenvalue weighted by molar-refractivity contribution is -0.122. The first-order valence-electron chi connectivity index (χ1n) is 8.67. The van der Waals surface area contributed by atoms with E-state index in [2.05, 4.69) is 11.2 Å². The molecule has 3 rings (SSSR count). The van der Waals surface area contributed by atoms with Crippen LogP contribution in [0.2, 0.25) is 0 Å². The average molecular weight is 390 g/mol. The van der Waals surface area contributed by atoms with Crippen molar-refractivity contribution < 1.29 is 23.9 Å². The molecule has 1 fully saturated rings. The van der Waals surface area contributed by atoms with Crippen molar-refractivity contribution >= 4 is 29.6 Å². The summed E-state index contributed by atoms with van der Waals surface area (Å²) in [5.41, 5.74) is 1.59. The van der Waals surface area contributed by atoms with Gasteiger partial charge in [0.25, 0.3) is 11.8 Å². The van der Waals surface area contributed by atoms with Crippen LogP contribution < -0.4 is 19.7 Å². The van der Waals surface area contributed by atoms with Crippen LogP contribution in [-0.4, -0.2) is 31.6 Å². The fourth-order valence-electron chi connectivity index (χ4n) is 2.84. The predicted molar refractivity (Wildman–Crippen MR) is 108 cm³/mol. The van der Waals surface area contributed by atoms with Gasteiger partial charge < -0.3 is 9.47 Å². The number of carbonyl (C=O) groups is 3. The van der Waals surface area contributed by atoms with Gasteiger partial charge >= 0.3 is 6.03 Å². The number of benzene rings is 2. The number of rotatable bonds is 5. The number of barbiturate groups is 1. The molecular formula is C22H18N2O5. The minimum absolute atomic E-state index is 0.0747. The number of amides is 4. The van der Waals surface area contributed by atoms with E-state index in [1.54, 1.807) is 36.4 Å². The largest absolute Gasteiger partial charge is 0.493 e. The lowest BCUT2D eigenvalue weighted by Gasteiger charge is -2.26. The van der Waals surface area contributed by atoms with Crippen LogP contribution in [0.15, 0.2) is 48.0 Å². The van der Waals surface area contributed by atoms with Crippen LogP contribution in [0.3, 0.4) is 0 Å². The Balaban J connectivity index is 1.97. The molecule has 0 radical (unpaired) electrons. The van der Waals surface area contributed by atoms with Gasteiger partial charge in [0.1, 0.15) is 12.2 Å². The summed E-state index contributed by atoms with van der Waals surface area (Å²) in [4.78, 5) is 38.4. The number of hydrogen-bond acceptors (Lipinski definition) is 5. The highest BCUT2D eigenvalue weighted by Crippen LogP contribution is 2.30. The van der Waals surface area contributed by atoms with Crippen molar-refractivity contribution in [1.29, 1.82) is 0 Å². The molecule has 1 aliphatic heterocycles. The number of methoxy groups -OCH3 is 1. The first kappa shape index (κ1) is 19.7. The van der Waals surface area contributed by atoms with Crippen LogP contribution in [0.1, 0.15) is 11.1 Å². The van der Waals surface area contributed by atoms with Crippen LogP contribution in [0.25, 0.3) is 6.08 Å². The summed E-state index contributed by atoms with van der Waals surface area (Å²) in [6.07, 6.45) is 6.58. The van der Waals surface area contributed by atoms with E-state index in [0.717, 1.165) is 10.5 Å². The van der Waals surface area contributed by atoms with E-state index in [9.17, 15) is 14.4 Å². The molecular weight excluding hydrogens is 372 g/mol. The molecule has 1 heterocycles. The summed E-state index contributed by atoms with van der Waals surface area (Å²) in [7, 11) is 1.46. The summed E-state index contributed by atoms with van der Waals surface area (Å²) in [5, 5.41) is 2.20. The van der Waals surface area contributed by atoms with Gasteiger partial charge in [-0.15, -0.1) is 6.42 Å². The molecule has 0 aromatic heterocycles. The number of carbonyl (C=O) groups excluding carboxylic acids is 3. The molecule has 0 aliphatic carbocycles. The van der Waals surface area contributed by atoms with E-state index in [-0.39, 0.29) is 12.2 Å². The quantitative estimate of drug-likeness (QED) is 0.482. The summed E-state index contributed by atoms with van der Waals surface area (Å²) < 4.78 is 10.7. The number of imide groups is 2. The first-order valence-corrected chi connectivity index (χ1v) is 8.67. The van der Waals surface area contributed by atoms with Crippen molar-refractivity contribution in [2.45, 2.75) is 6.92 Å². The maximum Gasteiger partial charge on any atom is 0.335 e. The van der Waals surface area contributed by atoms with Gasteiger partial charge in [0.15, 0.2) is 11.5 Å². The van der Waals surface area contributed by atoms with Crippen molar-refractivity contribution in [2.75, 3.05) is 18.6 Å². The summed E-state index contributed by atoms with van der Waals surface area (Å²) in [6.45, 7) is 1.92. The normalized spacial score (nSPS) is 15.1. The third kappa shape index (κ3) is 4.12. The fourth-order valence-corrected chi connectivity index (χ4v) is 2.84. The molecule has 146 valence electrons. The number of hydrogen-bond donors (Lipinski definition) is 1. The lowest BCUT2D eigenvalue weighted by Crippen LogP contribution is -2.54.